The van der Waals surface area contributed by atoms with E-state index in [1.54, 1.807) is 18.0 Å². The van der Waals surface area contributed by atoms with Gasteiger partial charge in [-0.1, -0.05) is 25.1 Å². The lowest BCUT2D eigenvalue weighted by Gasteiger charge is -2.19. The van der Waals surface area contributed by atoms with E-state index in [1.165, 1.54) is 29.5 Å². The number of rotatable bonds is 5. The maximum absolute atomic E-state index is 13.4. The van der Waals surface area contributed by atoms with Gasteiger partial charge >= 0.3 is 0 Å². The Bertz CT molecular complexity index is 879. The Hall–Kier alpha value is -1.94. The zero-order valence-electron chi connectivity index (χ0n) is 14.5. The molecule has 1 aliphatic carbocycles. The van der Waals surface area contributed by atoms with Gasteiger partial charge in [-0.3, -0.25) is 9.36 Å². The van der Waals surface area contributed by atoms with Crippen LogP contribution in [-0.4, -0.2) is 15.7 Å². The summed E-state index contributed by atoms with van der Waals surface area (Å²) in [7, 11) is 0. The van der Waals surface area contributed by atoms with E-state index in [1.807, 2.05) is 22.8 Å². The Balaban J connectivity index is 1.68. The molecule has 0 fully saturated rings. The summed E-state index contributed by atoms with van der Waals surface area (Å²) < 4.78 is 7.44. The second-order valence-corrected chi connectivity index (χ2v) is 7.80. The summed E-state index contributed by atoms with van der Waals surface area (Å²) in [6.07, 6.45) is 7.01. The molecule has 2 heterocycles. The second-order valence-electron chi connectivity index (χ2n) is 6.61. The van der Waals surface area contributed by atoms with Crippen LogP contribution in [0.3, 0.4) is 0 Å². The molecule has 0 saturated carbocycles. The number of hydrogen-bond acceptors (Lipinski definition) is 3. The average Bonchev–Trinajstić information content (AvgIpc) is 3.28. The van der Waals surface area contributed by atoms with Gasteiger partial charge in [-0.2, -0.15) is 0 Å². The first-order valence-electron chi connectivity index (χ1n) is 9.09. The van der Waals surface area contributed by atoms with Gasteiger partial charge in [0.05, 0.1) is 22.8 Å². The highest BCUT2D eigenvalue weighted by molar-refractivity contribution is 7.99. The molecule has 1 aromatic carbocycles. The lowest BCUT2D eigenvalue weighted by atomic mass is 9.95. The minimum absolute atomic E-state index is 0.0491. The summed E-state index contributed by atoms with van der Waals surface area (Å²) in [5.74, 6) is 1.88. The first-order valence-corrected chi connectivity index (χ1v) is 10.1. The fraction of sp³-hybridized carbons (Fsp3) is 0.381. The van der Waals surface area contributed by atoms with Crippen molar-refractivity contribution in [3.63, 3.8) is 0 Å². The van der Waals surface area contributed by atoms with Crippen molar-refractivity contribution in [2.24, 2.45) is 0 Å². The van der Waals surface area contributed by atoms with Crippen molar-refractivity contribution in [2.75, 3.05) is 0 Å². The molecular formula is C21H23NO2S. The molecule has 0 radical (unpaired) electrons. The highest BCUT2D eigenvalue weighted by atomic mass is 32.2. The van der Waals surface area contributed by atoms with E-state index in [-0.39, 0.29) is 11.2 Å². The van der Waals surface area contributed by atoms with Gasteiger partial charge < -0.3 is 4.42 Å². The molecule has 4 rings (SSSR count). The summed E-state index contributed by atoms with van der Waals surface area (Å²) in [6, 6.07) is 12.2. The van der Waals surface area contributed by atoms with Gasteiger partial charge in [0.15, 0.2) is 0 Å². The Morgan fingerprint density at radius 3 is 2.84 bits per heavy atom. The van der Waals surface area contributed by atoms with Gasteiger partial charge in [-0.15, -0.1) is 11.8 Å². The largest absolute Gasteiger partial charge is 0.468 e. The number of hydrogen-bond donors (Lipinski definition) is 0. The van der Waals surface area contributed by atoms with E-state index in [0.29, 0.717) is 0 Å². The molecule has 25 heavy (non-hydrogen) atoms. The number of benzene rings is 1. The van der Waals surface area contributed by atoms with Gasteiger partial charge in [0, 0.05) is 11.1 Å². The van der Waals surface area contributed by atoms with Gasteiger partial charge in [-0.25, -0.2) is 0 Å². The summed E-state index contributed by atoms with van der Waals surface area (Å²) in [5, 5.41) is 1.21. The SMILES string of the molecule is CCC(SCc1ccco1)C(=O)n1c2c(c3ccccc31)CCCC2. The summed E-state index contributed by atoms with van der Waals surface area (Å²) >= 11 is 1.68. The molecule has 4 heteroatoms. The molecule has 0 aliphatic heterocycles. The molecule has 3 aromatic rings. The molecule has 0 spiro atoms. The second kappa shape index (κ2) is 7.12. The smallest absolute Gasteiger partial charge is 0.244 e. The van der Waals surface area contributed by atoms with Crippen LogP contribution in [-0.2, 0) is 18.6 Å². The molecule has 0 amide bonds. The molecular weight excluding hydrogens is 330 g/mol. The summed E-state index contributed by atoms with van der Waals surface area (Å²) in [4.78, 5) is 13.4. The van der Waals surface area contributed by atoms with Crippen molar-refractivity contribution >= 4 is 28.6 Å². The van der Waals surface area contributed by atoms with Gasteiger partial charge in [0.1, 0.15) is 5.76 Å². The van der Waals surface area contributed by atoms with Gasteiger partial charge in [0.25, 0.3) is 0 Å². The van der Waals surface area contributed by atoms with Crippen molar-refractivity contribution in [1.29, 1.82) is 0 Å². The number of fused-ring (bicyclic) bond motifs is 3. The Morgan fingerprint density at radius 2 is 2.04 bits per heavy atom. The third-order valence-corrected chi connectivity index (χ3v) is 6.44. The third kappa shape index (κ3) is 3.04. The van der Waals surface area contributed by atoms with Crippen LogP contribution in [0.1, 0.15) is 48.0 Å². The lowest BCUT2D eigenvalue weighted by Crippen LogP contribution is -2.26. The maximum Gasteiger partial charge on any atom is 0.244 e. The Labute approximate surface area is 152 Å². The van der Waals surface area contributed by atoms with Crippen molar-refractivity contribution < 1.29 is 9.21 Å². The quantitative estimate of drug-likeness (QED) is 0.610. The third-order valence-electron chi connectivity index (χ3n) is 5.05. The first kappa shape index (κ1) is 16.5. The zero-order chi connectivity index (χ0) is 17.2. The molecule has 1 unspecified atom stereocenters. The number of furan rings is 1. The fourth-order valence-electron chi connectivity index (χ4n) is 3.83. The van der Waals surface area contributed by atoms with Crippen molar-refractivity contribution in [2.45, 2.75) is 50.0 Å². The topological polar surface area (TPSA) is 35.1 Å². The number of thioether (sulfide) groups is 1. The van der Waals surface area contributed by atoms with E-state index in [4.69, 9.17) is 4.42 Å². The standard InChI is InChI=1S/C21H23NO2S/c1-2-20(25-14-15-8-7-13-24-15)21(23)22-18-11-5-3-9-16(18)17-10-4-6-12-19(17)22/h3,5,7-9,11,13,20H,2,4,6,10,12,14H2,1H3. The van der Waals surface area contributed by atoms with Gasteiger partial charge in [-0.05, 0) is 55.9 Å². The normalized spacial score (nSPS) is 15.2. The van der Waals surface area contributed by atoms with E-state index in [9.17, 15) is 4.79 Å². The van der Waals surface area contributed by atoms with E-state index < -0.39 is 0 Å². The molecule has 1 atom stereocenters. The first-order chi connectivity index (χ1) is 12.3. The minimum atomic E-state index is -0.0491. The average molecular weight is 353 g/mol. The van der Waals surface area contributed by atoms with Crippen LogP contribution in [0.4, 0.5) is 0 Å². The highest BCUT2D eigenvalue weighted by Crippen LogP contribution is 2.34. The Morgan fingerprint density at radius 1 is 1.20 bits per heavy atom. The monoisotopic (exact) mass is 353 g/mol. The van der Waals surface area contributed by atoms with Gasteiger partial charge in [0.2, 0.25) is 5.91 Å². The zero-order valence-corrected chi connectivity index (χ0v) is 15.3. The fourth-order valence-corrected chi connectivity index (χ4v) is 4.85. The summed E-state index contributed by atoms with van der Waals surface area (Å²) in [6.45, 7) is 2.09. The molecule has 0 saturated heterocycles. The molecule has 0 N–H and O–H groups in total. The van der Waals surface area contributed by atoms with Crippen LogP contribution >= 0.6 is 11.8 Å². The lowest BCUT2D eigenvalue weighted by molar-refractivity contribution is 0.0910. The molecule has 2 aromatic heterocycles. The van der Waals surface area contributed by atoms with Crippen LogP contribution < -0.4 is 0 Å². The molecule has 1 aliphatic rings. The van der Waals surface area contributed by atoms with Crippen molar-refractivity contribution in [3.05, 3.63) is 59.7 Å². The number of aryl methyl sites for hydroxylation is 1. The molecule has 3 nitrogen and oxygen atoms in total. The predicted octanol–water partition coefficient (Wildman–Crippen LogP) is 5.47. The van der Waals surface area contributed by atoms with Crippen LogP contribution in [0.15, 0.2) is 47.1 Å². The van der Waals surface area contributed by atoms with Crippen LogP contribution in [0.5, 0.6) is 0 Å². The van der Waals surface area contributed by atoms with E-state index >= 15 is 0 Å². The molecule has 130 valence electrons. The Kier molecular flexibility index (Phi) is 4.71. The van der Waals surface area contributed by atoms with Crippen LogP contribution in [0.25, 0.3) is 10.9 Å². The number of aromatic nitrogens is 1. The van der Waals surface area contributed by atoms with E-state index in [0.717, 1.165) is 36.3 Å². The van der Waals surface area contributed by atoms with Crippen molar-refractivity contribution in [3.8, 4) is 0 Å². The predicted molar refractivity (Wildman–Crippen MR) is 103 cm³/mol. The molecule has 0 bridgehead atoms. The minimum Gasteiger partial charge on any atom is -0.468 e. The number of carbonyl (C=O) groups is 1. The maximum atomic E-state index is 13.4. The van der Waals surface area contributed by atoms with Crippen molar-refractivity contribution in [1.82, 2.24) is 4.57 Å². The number of carbonyl (C=O) groups excluding carboxylic acids is 1. The highest BCUT2D eigenvalue weighted by Gasteiger charge is 2.27. The summed E-state index contributed by atoms with van der Waals surface area (Å²) in [5.41, 5.74) is 3.71. The van der Waals surface area contributed by atoms with E-state index in [2.05, 4.69) is 25.1 Å². The number of para-hydroxylation sites is 1. The van der Waals surface area contributed by atoms with Crippen LogP contribution in [0, 0.1) is 0 Å². The number of nitrogens with zero attached hydrogens (tertiary/aromatic N) is 1. The van der Waals surface area contributed by atoms with Crippen LogP contribution in [0.2, 0.25) is 0 Å².